The van der Waals surface area contributed by atoms with Crippen molar-refractivity contribution in [2.45, 2.75) is 33.2 Å². The third-order valence-corrected chi connectivity index (χ3v) is 3.08. The van der Waals surface area contributed by atoms with E-state index in [1.165, 1.54) is 5.56 Å². The molecule has 1 N–H and O–H groups in total. The number of hydrogen-bond donors (Lipinski definition) is 1. The third kappa shape index (κ3) is 5.52. The van der Waals surface area contributed by atoms with Crippen molar-refractivity contribution in [3.63, 3.8) is 0 Å². The van der Waals surface area contributed by atoms with Gasteiger partial charge in [0.1, 0.15) is 0 Å². The van der Waals surface area contributed by atoms with Gasteiger partial charge in [-0.2, -0.15) is 0 Å². The van der Waals surface area contributed by atoms with Crippen molar-refractivity contribution < 1.29 is 4.74 Å². The van der Waals surface area contributed by atoms with E-state index in [0.717, 1.165) is 37.3 Å². The molecule has 0 radical (unpaired) electrons. The highest BCUT2D eigenvalue weighted by Gasteiger charge is 2.02. The van der Waals surface area contributed by atoms with Crippen LogP contribution in [0.25, 0.3) is 0 Å². The average Bonchev–Trinajstić information content (AvgIpc) is 2.48. The van der Waals surface area contributed by atoms with E-state index in [-0.39, 0.29) is 0 Å². The number of pyridine rings is 2. The van der Waals surface area contributed by atoms with Crippen LogP contribution < -0.4 is 10.1 Å². The summed E-state index contributed by atoms with van der Waals surface area (Å²) < 4.78 is 5.76. The van der Waals surface area contributed by atoms with Crippen molar-refractivity contribution in [2.24, 2.45) is 0 Å². The lowest BCUT2D eigenvalue weighted by Crippen LogP contribution is -2.14. The van der Waals surface area contributed by atoms with E-state index in [0.29, 0.717) is 12.5 Å². The van der Waals surface area contributed by atoms with Crippen molar-refractivity contribution >= 4 is 0 Å². The van der Waals surface area contributed by atoms with Crippen LogP contribution >= 0.6 is 0 Å². The molecule has 0 saturated carbocycles. The van der Waals surface area contributed by atoms with Gasteiger partial charge in [0.05, 0.1) is 6.61 Å². The van der Waals surface area contributed by atoms with Crippen LogP contribution in [0.2, 0.25) is 0 Å². The largest absolute Gasteiger partial charge is 0.477 e. The molecule has 0 aliphatic heterocycles. The fourth-order valence-corrected chi connectivity index (χ4v) is 2.10. The molecule has 0 aliphatic carbocycles. The van der Waals surface area contributed by atoms with Crippen molar-refractivity contribution in [1.29, 1.82) is 0 Å². The maximum Gasteiger partial charge on any atom is 0.213 e. The summed E-state index contributed by atoms with van der Waals surface area (Å²) in [5, 5.41) is 3.39. The zero-order chi connectivity index (χ0) is 14.9. The molecule has 2 heterocycles. The Labute approximate surface area is 126 Å². The van der Waals surface area contributed by atoms with Crippen molar-refractivity contribution in [3.8, 4) is 5.88 Å². The molecule has 2 rings (SSSR count). The minimum Gasteiger partial charge on any atom is -0.477 e. The van der Waals surface area contributed by atoms with Crippen LogP contribution in [0, 0.1) is 6.92 Å². The van der Waals surface area contributed by atoms with E-state index in [1.54, 1.807) is 6.20 Å². The summed E-state index contributed by atoms with van der Waals surface area (Å²) in [5.74, 6) is 0.694. The molecule has 112 valence electrons. The van der Waals surface area contributed by atoms with Crippen molar-refractivity contribution in [1.82, 2.24) is 15.3 Å². The minimum absolute atomic E-state index is 0.593. The van der Waals surface area contributed by atoms with Crippen LogP contribution in [0.15, 0.2) is 36.5 Å². The number of aromatic nitrogens is 2. The van der Waals surface area contributed by atoms with Crippen LogP contribution in [0.4, 0.5) is 0 Å². The second kappa shape index (κ2) is 8.37. The van der Waals surface area contributed by atoms with Crippen molar-refractivity contribution in [3.05, 3.63) is 53.5 Å². The molecular formula is C17H23N3O. The van der Waals surface area contributed by atoms with Gasteiger partial charge in [-0.3, -0.25) is 4.98 Å². The molecule has 4 nitrogen and oxygen atoms in total. The molecule has 0 bridgehead atoms. The van der Waals surface area contributed by atoms with E-state index < -0.39 is 0 Å². The molecule has 0 spiro atoms. The molecule has 0 atom stereocenters. The second-order valence-electron chi connectivity index (χ2n) is 5.05. The molecule has 0 aliphatic rings. The highest BCUT2D eigenvalue weighted by atomic mass is 16.5. The number of nitrogens with zero attached hydrogens (tertiary/aromatic N) is 2. The zero-order valence-corrected chi connectivity index (χ0v) is 12.8. The topological polar surface area (TPSA) is 47.0 Å². The van der Waals surface area contributed by atoms with Crippen LogP contribution in [0.3, 0.4) is 0 Å². The number of hydrogen-bond acceptors (Lipinski definition) is 4. The van der Waals surface area contributed by atoms with Gasteiger partial charge in [0.25, 0.3) is 0 Å². The summed E-state index contributed by atoms with van der Waals surface area (Å²) in [6.45, 7) is 6.63. The number of nitrogens with one attached hydrogen (secondary N) is 1. The summed E-state index contributed by atoms with van der Waals surface area (Å²) in [5.41, 5.74) is 3.23. The van der Waals surface area contributed by atoms with Gasteiger partial charge in [0.15, 0.2) is 0 Å². The van der Waals surface area contributed by atoms with Gasteiger partial charge in [0, 0.05) is 36.6 Å². The molecule has 2 aromatic rings. The van der Waals surface area contributed by atoms with E-state index in [1.807, 2.05) is 31.2 Å². The summed E-state index contributed by atoms with van der Waals surface area (Å²) in [7, 11) is 0. The Kier molecular flexibility index (Phi) is 6.16. The van der Waals surface area contributed by atoms with E-state index in [9.17, 15) is 0 Å². The van der Waals surface area contributed by atoms with Gasteiger partial charge in [-0.15, -0.1) is 0 Å². The minimum atomic E-state index is 0.593. The lowest BCUT2D eigenvalue weighted by Gasteiger charge is -2.09. The highest BCUT2D eigenvalue weighted by molar-refractivity contribution is 5.24. The standard InChI is InChI=1S/C17H23N3O/c1-3-8-18-13-15-11-14(2)20-17(12-15)21-10-7-16-6-4-5-9-19-16/h4-6,9,11-12,18H,3,7-8,10,13H2,1-2H3. The number of ether oxygens (including phenoxy) is 1. The Morgan fingerprint density at radius 2 is 2.14 bits per heavy atom. The quantitative estimate of drug-likeness (QED) is 0.758. The summed E-state index contributed by atoms with van der Waals surface area (Å²) >= 11 is 0. The van der Waals surface area contributed by atoms with Crippen molar-refractivity contribution in [2.75, 3.05) is 13.2 Å². The molecule has 0 fully saturated rings. The maximum atomic E-state index is 5.76. The Bertz CT molecular complexity index is 543. The van der Waals surface area contributed by atoms with Gasteiger partial charge in [-0.1, -0.05) is 13.0 Å². The van der Waals surface area contributed by atoms with E-state index in [4.69, 9.17) is 4.74 Å². The summed E-state index contributed by atoms with van der Waals surface area (Å²) in [4.78, 5) is 8.71. The molecule has 2 aromatic heterocycles. The first-order valence-electron chi connectivity index (χ1n) is 7.49. The average molecular weight is 285 g/mol. The fourth-order valence-electron chi connectivity index (χ4n) is 2.10. The third-order valence-electron chi connectivity index (χ3n) is 3.08. The smallest absolute Gasteiger partial charge is 0.213 e. The Morgan fingerprint density at radius 1 is 1.24 bits per heavy atom. The highest BCUT2D eigenvalue weighted by Crippen LogP contribution is 2.13. The molecule has 0 amide bonds. The van der Waals surface area contributed by atoms with Crippen LogP contribution in [-0.2, 0) is 13.0 Å². The maximum absolute atomic E-state index is 5.76. The normalized spacial score (nSPS) is 10.6. The first kappa shape index (κ1) is 15.4. The predicted molar refractivity (Wildman–Crippen MR) is 84.4 cm³/mol. The Morgan fingerprint density at radius 3 is 2.90 bits per heavy atom. The molecular weight excluding hydrogens is 262 g/mol. The van der Waals surface area contributed by atoms with Gasteiger partial charge >= 0.3 is 0 Å². The van der Waals surface area contributed by atoms with Gasteiger partial charge in [-0.05, 0) is 43.7 Å². The Balaban J connectivity index is 1.87. The van der Waals surface area contributed by atoms with Gasteiger partial charge in [0.2, 0.25) is 5.88 Å². The molecule has 21 heavy (non-hydrogen) atoms. The Hall–Kier alpha value is -1.94. The fraction of sp³-hybridized carbons (Fsp3) is 0.412. The molecule has 0 unspecified atom stereocenters. The molecule has 0 aromatic carbocycles. The summed E-state index contributed by atoms with van der Waals surface area (Å²) in [6.07, 6.45) is 3.73. The molecule has 4 heteroatoms. The van der Waals surface area contributed by atoms with Crippen LogP contribution in [0.5, 0.6) is 5.88 Å². The lowest BCUT2D eigenvalue weighted by atomic mass is 10.2. The zero-order valence-electron chi connectivity index (χ0n) is 12.8. The van der Waals surface area contributed by atoms with E-state index >= 15 is 0 Å². The SMILES string of the molecule is CCCNCc1cc(C)nc(OCCc2ccccn2)c1. The second-order valence-corrected chi connectivity index (χ2v) is 5.05. The number of rotatable bonds is 8. The first-order chi connectivity index (χ1) is 10.3. The summed E-state index contributed by atoms with van der Waals surface area (Å²) in [6, 6.07) is 10.0. The number of aryl methyl sites for hydroxylation is 1. The van der Waals surface area contributed by atoms with E-state index in [2.05, 4.69) is 28.3 Å². The lowest BCUT2D eigenvalue weighted by molar-refractivity contribution is 0.307. The van der Waals surface area contributed by atoms with Crippen LogP contribution in [-0.4, -0.2) is 23.1 Å². The monoisotopic (exact) mass is 285 g/mol. The molecule has 0 saturated heterocycles. The van der Waals surface area contributed by atoms with Crippen LogP contribution in [0.1, 0.15) is 30.3 Å². The predicted octanol–water partition coefficient (Wildman–Crippen LogP) is 2.91. The van der Waals surface area contributed by atoms with Gasteiger partial charge < -0.3 is 10.1 Å². The first-order valence-corrected chi connectivity index (χ1v) is 7.49. The van der Waals surface area contributed by atoms with Gasteiger partial charge in [-0.25, -0.2) is 4.98 Å².